The molecule has 1 aromatic heterocycles. The SMILES string of the molecule is CC(C)(C)[S+]([O-])/N=C/c1ccc(-c2ccc(C(F)(F)F)cn2)cc1. The van der Waals surface area contributed by atoms with Gasteiger partial charge < -0.3 is 4.55 Å². The molecule has 24 heavy (non-hydrogen) atoms. The molecule has 1 heterocycles. The maximum atomic E-state index is 12.5. The molecule has 128 valence electrons. The fourth-order valence-electron chi connectivity index (χ4n) is 1.74. The third kappa shape index (κ3) is 4.82. The van der Waals surface area contributed by atoms with Crippen LogP contribution < -0.4 is 0 Å². The van der Waals surface area contributed by atoms with E-state index in [1.54, 1.807) is 24.3 Å². The summed E-state index contributed by atoms with van der Waals surface area (Å²) in [5.74, 6) is 0. The van der Waals surface area contributed by atoms with Crippen LogP contribution in [0.15, 0.2) is 47.0 Å². The van der Waals surface area contributed by atoms with Gasteiger partial charge in [-0.3, -0.25) is 4.98 Å². The summed E-state index contributed by atoms with van der Waals surface area (Å²) < 4.78 is 53.0. The Morgan fingerprint density at radius 1 is 1.04 bits per heavy atom. The van der Waals surface area contributed by atoms with Crippen molar-refractivity contribution < 1.29 is 17.7 Å². The first-order chi connectivity index (χ1) is 11.1. The number of nitrogens with zero attached hydrogens (tertiary/aromatic N) is 2. The summed E-state index contributed by atoms with van der Waals surface area (Å²) in [6.07, 6.45) is -2.06. The van der Waals surface area contributed by atoms with Crippen LogP contribution in [0.3, 0.4) is 0 Å². The second kappa shape index (κ2) is 6.94. The number of pyridine rings is 1. The van der Waals surface area contributed by atoms with Gasteiger partial charge in [-0.05, 0) is 38.5 Å². The summed E-state index contributed by atoms with van der Waals surface area (Å²) in [7, 11) is 0. The molecule has 0 saturated carbocycles. The molecule has 0 aliphatic heterocycles. The quantitative estimate of drug-likeness (QED) is 0.595. The van der Waals surface area contributed by atoms with Gasteiger partial charge in [-0.25, -0.2) is 0 Å². The molecule has 0 fully saturated rings. The summed E-state index contributed by atoms with van der Waals surface area (Å²) in [5, 5.41) is 0. The van der Waals surface area contributed by atoms with Gasteiger partial charge in [0, 0.05) is 11.8 Å². The molecule has 2 rings (SSSR count). The standard InChI is InChI=1S/C17H17F3N2OS/c1-16(2,3)24(23)22-10-12-4-6-13(7-5-12)15-9-8-14(11-21-15)17(18,19)20/h4-11H,1-3H3/b22-10+. The Morgan fingerprint density at radius 3 is 2.12 bits per heavy atom. The topological polar surface area (TPSA) is 48.3 Å². The van der Waals surface area contributed by atoms with Crippen LogP contribution in [0, 0.1) is 0 Å². The van der Waals surface area contributed by atoms with Crippen molar-refractivity contribution in [2.24, 2.45) is 4.40 Å². The highest BCUT2D eigenvalue weighted by Gasteiger charge is 2.30. The number of rotatable bonds is 3. The Balaban J connectivity index is 2.13. The molecular weight excluding hydrogens is 337 g/mol. The molecule has 1 atom stereocenters. The van der Waals surface area contributed by atoms with Crippen molar-refractivity contribution in [3.05, 3.63) is 53.7 Å². The van der Waals surface area contributed by atoms with Crippen LogP contribution in [-0.2, 0) is 17.5 Å². The number of hydrogen-bond acceptors (Lipinski definition) is 3. The fourth-order valence-corrected chi connectivity index (χ4v) is 2.27. The van der Waals surface area contributed by atoms with Gasteiger partial charge in [0.2, 0.25) is 0 Å². The highest BCUT2D eigenvalue weighted by atomic mass is 32.2. The van der Waals surface area contributed by atoms with E-state index in [9.17, 15) is 17.7 Å². The van der Waals surface area contributed by atoms with Gasteiger partial charge in [0.1, 0.15) is 16.1 Å². The third-order valence-corrected chi connectivity index (χ3v) is 4.46. The lowest BCUT2D eigenvalue weighted by atomic mass is 10.1. The molecular formula is C17H17F3N2OS. The van der Waals surface area contributed by atoms with Gasteiger partial charge in [0.15, 0.2) is 0 Å². The lowest BCUT2D eigenvalue weighted by molar-refractivity contribution is -0.137. The summed E-state index contributed by atoms with van der Waals surface area (Å²) in [6, 6.07) is 9.30. The zero-order valence-corrected chi connectivity index (χ0v) is 14.3. The monoisotopic (exact) mass is 354 g/mol. The summed E-state index contributed by atoms with van der Waals surface area (Å²) in [6.45, 7) is 5.50. The van der Waals surface area contributed by atoms with Crippen LogP contribution in [-0.4, -0.2) is 20.5 Å². The van der Waals surface area contributed by atoms with Gasteiger partial charge >= 0.3 is 6.18 Å². The summed E-state index contributed by atoms with van der Waals surface area (Å²) >= 11 is -1.34. The highest BCUT2D eigenvalue weighted by Crippen LogP contribution is 2.29. The first-order valence-electron chi connectivity index (χ1n) is 7.17. The summed E-state index contributed by atoms with van der Waals surface area (Å²) in [4.78, 5) is 3.85. The molecule has 0 aliphatic rings. The Kier molecular flexibility index (Phi) is 5.35. The molecule has 0 aliphatic carbocycles. The van der Waals surface area contributed by atoms with E-state index in [2.05, 4.69) is 9.38 Å². The number of benzene rings is 1. The average molecular weight is 354 g/mol. The summed E-state index contributed by atoms with van der Waals surface area (Å²) in [5.41, 5.74) is 1.12. The predicted molar refractivity (Wildman–Crippen MR) is 90.2 cm³/mol. The Bertz CT molecular complexity index is 705. The molecule has 0 saturated heterocycles. The Morgan fingerprint density at radius 2 is 1.67 bits per heavy atom. The fraction of sp³-hybridized carbons (Fsp3) is 0.294. The van der Waals surface area contributed by atoms with Crippen molar-refractivity contribution in [2.45, 2.75) is 31.7 Å². The lowest BCUT2D eigenvalue weighted by Crippen LogP contribution is -2.25. The average Bonchev–Trinajstić information content (AvgIpc) is 2.51. The first kappa shape index (κ1) is 18.5. The van der Waals surface area contributed by atoms with E-state index in [4.69, 9.17) is 0 Å². The van der Waals surface area contributed by atoms with Crippen molar-refractivity contribution >= 4 is 17.6 Å². The van der Waals surface area contributed by atoms with Crippen molar-refractivity contribution in [3.8, 4) is 11.3 Å². The van der Waals surface area contributed by atoms with E-state index < -0.39 is 27.8 Å². The number of alkyl halides is 3. The van der Waals surface area contributed by atoms with Crippen LogP contribution in [0.5, 0.6) is 0 Å². The van der Waals surface area contributed by atoms with Crippen molar-refractivity contribution in [3.63, 3.8) is 0 Å². The Hall–Kier alpha value is -1.86. The minimum atomic E-state index is -4.39. The minimum Gasteiger partial charge on any atom is -0.591 e. The number of halogens is 3. The van der Waals surface area contributed by atoms with Gasteiger partial charge in [-0.2, -0.15) is 13.2 Å². The molecule has 2 aromatic rings. The van der Waals surface area contributed by atoms with E-state index in [1.165, 1.54) is 12.3 Å². The normalized spacial score (nSPS) is 14.1. The second-order valence-corrected chi connectivity index (χ2v) is 8.08. The van der Waals surface area contributed by atoms with Crippen LogP contribution in [0.2, 0.25) is 0 Å². The molecule has 3 nitrogen and oxygen atoms in total. The van der Waals surface area contributed by atoms with E-state index in [0.29, 0.717) is 11.3 Å². The van der Waals surface area contributed by atoms with E-state index in [0.717, 1.165) is 17.8 Å². The van der Waals surface area contributed by atoms with Crippen molar-refractivity contribution in [1.29, 1.82) is 0 Å². The van der Waals surface area contributed by atoms with Crippen molar-refractivity contribution in [2.75, 3.05) is 0 Å². The van der Waals surface area contributed by atoms with E-state index in [1.807, 2.05) is 20.8 Å². The van der Waals surface area contributed by atoms with Gasteiger partial charge in [0.25, 0.3) is 0 Å². The Labute approximate surface area is 142 Å². The molecule has 1 unspecified atom stereocenters. The van der Waals surface area contributed by atoms with Gasteiger partial charge in [-0.15, -0.1) is 0 Å². The molecule has 1 aromatic carbocycles. The van der Waals surface area contributed by atoms with Crippen LogP contribution in [0.4, 0.5) is 13.2 Å². The van der Waals surface area contributed by atoms with E-state index in [-0.39, 0.29) is 0 Å². The molecule has 0 amide bonds. The number of aromatic nitrogens is 1. The van der Waals surface area contributed by atoms with Gasteiger partial charge in [0.05, 0.1) is 17.5 Å². The van der Waals surface area contributed by atoms with Crippen molar-refractivity contribution in [1.82, 2.24) is 4.98 Å². The zero-order valence-electron chi connectivity index (χ0n) is 13.5. The zero-order chi connectivity index (χ0) is 18.0. The van der Waals surface area contributed by atoms with Crippen LogP contribution in [0.1, 0.15) is 31.9 Å². The predicted octanol–water partition coefficient (Wildman–Crippen LogP) is 4.65. The lowest BCUT2D eigenvalue weighted by Gasteiger charge is -2.17. The molecule has 7 heteroatoms. The maximum Gasteiger partial charge on any atom is 0.417 e. The van der Waals surface area contributed by atoms with Gasteiger partial charge in [-0.1, -0.05) is 28.7 Å². The van der Waals surface area contributed by atoms with Crippen LogP contribution >= 0.6 is 0 Å². The largest absolute Gasteiger partial charge is 0.591 e. The first-order valence-corrected chi connectivity index (χ1v) is 8.28. The molecule has 0 radical (unpaired) electrons. The smallest absolute Gasteiger partial charge is 0.417 e. The molecule has 0 spiro atoms. The number of hydrogen-bond donors (Lipinski definition) is 0. The molecule has 0 bridgehead atoms. The highest BCUT2D eigenvalue weighted by molar-refractivity contribution is 7.91. The maximum absolute atomic E-state index is 12.5. The van der Waals surface area contributed by atoms with E-state index >= 15 is 0 Å². The molecule has 0 N–H and O–H groups in total. The minimum absolute atomic E-state index is 0.430. The third-order valence-electron chi connectivity index (χ3n) is 3.12. The van der Waals surface area contributed by atoms with Crippen LogP contribution in [0.25, 0.3) is 11.3 Å². The second-order valence-electron chi connectivity index (χ2n) is 6.15.